The van der Waals surface area contributed by atoms with E-state index in [2.05, 4.69) is 30.3 Å². The van der Waals surface area contributed by atoms with Gasteiger partial charge >= 0.3 is 6.61 Å². The molecule has 1 aromatic carbocycles. The predicted octanol–water partition coefficient (Wildman–Crippen LogP) is 5.59. The first-order chi connectivity index (χ1) is 16.3. The number of carbonyl (C=O) groups excluding carboxylic acids is 1. The van der Waals surface area contributed by atoms with E-state index in [0.29, 0.717) is 11.3 Å². The Kier molecular flexibility index (Phi) is 6.74. The van der Waals surface area contributed by atoms with Crippen molar-refractivity contribution in [2.45, 2.75) is 26.6 Å². The highest BCUT2D eigenvalue weighted by atomic mass is 19.3. The Hall–Kier alpha value is -3.98. The number of nitrogens with zero attached hydrogens (tertiary/aromatic N) is 3. The first kappa shape index (κ1) is 23.2. The molecule has 0 spiro atoms. The van der Waals surface area contributed by atoms with E-state index in [1.807, 2.05) is 31.2 Å². The number of fused-ring (bicyclic) bond motifs is 1. The smallest absolute Gasteiger partial charge is 0.345 e. The van der Waals surface area contributed by atoms with Crippen LogP contribution in [0.4, 0.5) is 20.3 Å². The van der Waals surface area contributed by atoms with Crippen LogP contribution >= 0.6 is 0 Å². The number of benzene rings is 1. The Labute approximate surface area is 195 Å². The first-order valence-corrected chi connectivity index (χ1v) is 10.6. The standard InChI is InChI=1S/C25H23F2N5O2/c1-14-4-5-19(32-24(33)22-9-16(6-7-29-22)15(2)34-25(26)27)10-20(14)17-8-18-13-31-23(28-3)11-21(18)30-12-17/h4-13,15,25H,1-3H3,(H,28,31)(H,32,33)/t15-/m1/s1. The SMILES string of the molecule is CNc1cc2ncc(-c3cc(NC(=O)c4cc([C@@H](C)OC(F)F)ccn4)ccc3C)cc2cn1. The average Bonchev–Trinajstić information content (AvgIpc) is 2.84. The summed E-state index contributed by atoms with van der Waals surface area (Å²) in [6, 6.07) is 12.4. The van der Waals surface area contributed by atoms with Gasteiger partial charge in [0.15, 0.2) is 0 Å². The molecule has 0 radical (unpaired) electrons. The molecule has 2 N–H and O–H groups in total. The van der Waals surface area contributed by atoms with Gasteiger partial charge < -0.3 is 15.4 Å². The number of amides is 1. The summed E-state index contributed by atoms with van der Waals surface area (Å²) < 4.78 is 29.5. The fourth-order valence-electron chi connectivity index (χ4n) is 3.57. The van der Waals surface area contributed by atoms with Gasteiger partial charge in [-0.2, -0.15) is 8.78 Å². The van der Waals surface area contributed by atoms with Crippen molar-refractivity contribution < 1.29 is 18.3 Å². The van der Waals surface area contributed by atoms with Gasteiger partial charge in [0.05, 0.1) is 11.6 Å². The molecule has 9 heteroatoms. The van der Waals surface area contributed by atoms with E-state index in [-0.39, 0.29) is 5.69 Å². The number of halogens is 2. The Morgan fingerprint density at radius 2 is 1.85 bits per heavy atom. The minimum atomic E-state index is -2.91. The maximum Gasteiger partial charge on any atom is 0.345 e. The number of hydrogen-bond donors (Lipinski definition) is 2. The van der Waals surface area contributed by atoms with Gasteiger partial charge in [0.25, 0.3) is 5.91 Å². The summed E-state index contributed by atoms with van der Waals surface area (Å²) in [5.74, 6) is 0.280. The van der Waals surface area contributed by atoms with Crippen LogP contribution in [0.25, 0.3) is 22.0 Å². The highest BCUT2D eigenvalue weighted by Crippen LogP contribution is 2.29. The molecule has 1 atom stereocenters. The van der Waals surface area contributed by atoms with Crippen LogP contribution in [-0.4, -0.2) is 34.5 Å². The molecule has 0 saturated heterocycles. The molecular formula is C25H23F2N5O2. The summed E-state index contributed by atoms with van der Waals surface area (Å²) >= 11 is 0. The lowest BCUT2D eigenvalue weighted by molar-refractivity contribution is -0.159. The third-order valence-corrected chi connectivity index (χ3v) is 5.42. The molecule has 7 nitrogen and oxygen atoms in total. The molecule has 0 aliphatic rings. The van der Waals surface area contributed by atoms with Crippen LogP contribution in [0.2, 0.25) is 0 Å². The molecule has 34 heavy (non-hydrogen) atoms. The molecular weight excluding hydrogens is 440 g/mol. The highest BCUT2D eigenvalue weighted by Gasteiger charge is 2.16. The van der Waals surface area contributed by atoms with Crippen LogP contribution in [0, 0.1) is 6.92 Å². The van der Waals surface area contributed by atoms with Crippen LogP contribution < -0.4 is 10.6 Å². The van der Waals surface area contributed by atoms with Crippen molar-refractivity contribution in [3.63, 3.8) is 0 Å². The average molecular weight is 463 g/mol. The third-order valence-electron chi connectivity index (χ3n) is 5.42. The number of aromatic nitrogens is 3. The number of pyridine rings is 3. The van der Waals surface area contributed by atoms with Gasteiger partial charge in [-0.1, -0.05) is 6.07 Å². The van der Waals surface area contributed by atoms with Crippen molar-refractivity contribution in [1.82, 2.24) is 15.0 Å². The highest BCUT2D eigenvalue weighted by molar-refractivity contribution is 6.03. The maximum absolute atomic E-state index is 12.8. The van der Waals surface area contributed by atoms with Gasteiger partial charge in [-0.25, -0.2) is 4.98 Å². The monoisotopic (exact) mass is 463 g/mol. The first-order valence-electron chi connectivity index (χ1n) is 10.6. The second kappa shape index (κ2) is 9.88. The van der Waals surface area contributed by atoms with Gasteiger partial charge in [0, 0.05) is 48.3 Å². The summed E-state index contributed by atoms with van der Waals surface area (Å²) in [6.45, 7) is 0.558. The lowest BCUT2D eigenvalue weighted by atomic mass is 10.00. The van der Waals surface area contributed by atoms with E-state index in [4.69, 9.17) is 0 Å². The number of alkyl halides is 2. The zero-order valence-corrected chi connectivity index (χ0v) is 18.8. The van der Waals surface area contributed by atoms with E-state index < -0.39 is 18.6 Å². The lowest BCUT2D eigenvalue weighted by Gasteiger charge is -2.14. The number of ether oxygens (including phenoxy) is 1. The minimum absolute atomic E-state index is 0.100. The van der Waals surface area contributed by atoms with Gasteiger partial charge in [0.1, 0.15) is 11.5 Å². The van der Waals surface area contributed by atoms with E-state index in [0.717, 1.165) is 33.4 Å². The van der Waals surface area contributed by atoms with E-state index >= 15 is 0 Å². The molecule has 1 amide bonds. The molecule has 4 rings (SSSR count). The Morgan fingerprint density at radius 1 is 1.03 bits per heavy atom. The van der Waals surface area contributed by atoms with Gasteiger partial charge in [0.2, 0.25) is 0 Å². The van der Waals surface area contributed by atoms with Crippen molar-refractivity contribution in [2.24, 2.45) is 0 Å². The zero-order valence-electron chi connectivity index (χ0n) is 18.8. The predicted molar refractivity (Wildman–Crippen MR) is 127 cm³/mol. The molecule has 0 fully saturated rings. The van der Waals surface area contributed by atoms with Crippen LogP contribution in [0.5, 0.6) is 0 Å². The zero-order chi connectivity index (χ0) is 24.2. The number of rotatable bonds is 7. The van der Waals surface area contributed by atoms with Gasteiger partial charge in [-0.15, -0.1) is 0 Å². The molecule has 174 valence electrons. The van der Waals surface area contributed by atoms with Crippen LogP contribution in [0.1, 0.15) is 34.6 Å². The van der Waals surface area contributed by atoms with Crippen molar-refractivity contribution in [3.8, 4) is 11.1 Å². The summed E-state index contributed by atoms with van der Waals surface area (Å²) in [5.41, 5.74) is 4.73. The summed E-state index contributed by atoms with van der Waals surface area (Å²) in [6.07, 6.45) is 4.06. The number of anilines is 2. The minimum Gasteiger partial charge on any atom is -0.373 e. The molecule has 0 aliphatic heterocycles. The summed E-state index contributed by atoms with van der Waals surface area (Å²) in [5, 5.41) is 6.71. The second-order valence-electron chi connectivity index (χ2n) is 7.73. The van der Waals surface area contributed by atoms with E-state index in [9.17, 15) is 13.6 Å². The summed E-state index contributed by atoms with van der Waals surface area (Å²) in [4.78, 5) is 25.7. The number of nitrogens with one attached hydrogen (secondary N) is 2. The molecule has 4 aromatic rings. The molecule has 0 unspecified atom stereocenters. The maximum atomic E-state index is 12.8. The fourth-order valence-corrected chi connectivity index (χ4v) is 3.57. The fraction of sp³-hybridized carbons (Fsp3) is 0.200. The topological polar surface area (TPSA) is 89.0 Å². The number of carbonyl (C=O) groups is 1. The molecule has 0 saturated carbocycles. The molecule has 3 aromatic heterocycles. The second-order valence-corrected chi connectivity index (χ2v) is 7.73. The third kappa shape index (κ3) is 5.15. The quantitative estimate of drug-likeness (QED) is 0.371. The van der Waals surface area contributed by atoms with Crippen molar-refractivity contribution in [1.29, 1.82) is 0 Å². The molecule has 0 aliphatic carbocycles. The Morgan fingerprint density at radius 3 is 2.62 bits per heavy atom. The summed E-state index contributed by atoms with van der Waals surface area (Å²) in [7, 11) is 1.80. The van der Waals surface area contributed by atoms with Crippen LogP contribution in [0.15, 0.2) is 61.1 Å². The lowest BCUT2D eigenvalue weighted by Crippen LogP contribution is -2.15. The van der Waals surface area contributed by atoms with Crippen molar-refractivity contribution in [3.05, 3.63) is 77.9 Å². The van der Waals surface area contributed by atoms with Gasteiger partial charge in [-0.3, -0.25) is 14.8 Å². The number of hydrogen-bond acceptors (Lipinski definition) is 6. The number of aryl methyl sites for hydroxylation is 1. The van der Waals surface area contributed by atoms with Crippen molar-refractivity contribution >= 4 is 28.3 Å². The molecule has 0 bridgehead atoms. The normalized spacial score (nSPS) is 12.1. The van der Waals surface area contributed by atoms with Gasteiger partial charge in [-0.05, 0) is 60.9 Å². The molecule has 3 heterocycles. The van der Waals surface area contributed by atoms with Crippen LogP contribution in [-0.2, 0) is 4.74 Å². The largest absolute Gasteiger partial charge is 0.373 e. The van der Waals surface area contributed by atoms with E-state index in [1.165, 1.54) is 25.3 Å². The van der Waals surface area contributed by atoms with Crippen LogP contribution in [0.3, 0.4) is 0 Å². The Balaban J connectivity index is 1.58. The van der Waals surface area contributed by atoms with E-state index in [1.54, 1.807) is 25.5 Å². The Bertz CT molecular complexity index is 1350. The van der Waals surface area contributed by atoms with Crippen molar-refractivity contribution in [2.75, 3.05) is 17.7 Å².